The molecule has 3 rings (SSSR count). The van der Waals surface area contributed by atoms with Gasteiger partial charge in [0.1, 0.15) is 11.9 Å². The van der Waals surface area contributed by atoms with Crippen LogP contribution in [0.25, 0.3) is 0 Å². The third-order valence-electron chi connectivity index (χ3n) is 4.51. The molecule has 0 saturated carbocycles. The average Bonchev–Trinajstić information content (AvgIpc) is 2.94. The molecule has 2 aromatic carbocycles. The van der Waals surface area contributed by atoms with Gasteiger partial charge in [-0.1, -0.05) is 23.2 Å². The molecule has 0 N–H and O–H groups in total. The lowest BCUT2D eigenvalue weighted by Gasteiger charge is -2.31. The second kappa shape index (κ2) is 7.53. The summed E-state index contributed by atoms with van der Waals surface area (Å²) < 4.78 is 13.7. The minimum atomic E-state index is -0.373. The fraction of sp³-hybridized carbons (Fsp3) is 0.263. The predicted octanol–water partition coefficient (Wildman–Crippen LogP) is 4.24. The van der Waals surface area contributed by atoms with Crippen LogP contribution >= 0.6 is 23.2 Å². The van der Waals surface area contributed by atoms with Crippen molar-refractivity contribution < 1.29 is 9.18 Å². The largest absolute Gasteiger partial charge is 0.362 e. The van der Waals surface area contributed by atoms with Crippen LogP contribution in [0.3, 0.4) is 0 Å². The summed E-state index contributed by atoms with van der Waals surface area (Å²) in [7, 11) is 1.75. The molecule has 1 aliphatic rings. The highest BCUT2D eigenvalue weighted by atomic mass is 35.5. The van der Waals surface area contributed by atoms with Gasteiger partial charge in [-0.15, -0.1) is 0 Å². The predicted molar refractivity (Wildman–Crippen MR) is 99.8 cm³/mol. The highest BCUT2D eigenvalue weighted by Gasteiger charge is 2.32. The molecule has 0 bridgehead atoms. The van der Waals surface area contributed by atoms with Crippen LogP contribution in [0.4, 0.5) is 10.1 Å². The molecule has 2 aromatic rings. The van der Waals surface area contributed by atoms with Gasteiger partial charge in [-0.3, -0.25) is 4.79 Å². The SMILES string of the molecule is CN1C[C@@H](N(Cc2cc(F)ccc2Cl)c2ccc(C#N)c(Cl)c2)CC1=O. The molecule has 1 aliphatic heterocycles. The second-order valence-electron chi connectivity index (χ2n) is 6.27. The van der Waals surface area contributed by atoms with Crippen molar-refractivity contribution in [2.45, 2.75) is 19.0 Å². The molecule has 134 valence electrons. The number of carbonyl (C=O) groups excluding carboxylic acids is 1. The average molecular weight is 392 g/mol. The maximum Gasteiger partial charge on any atom is 0.224 e. The van der Waals surface area contributed by atoms with Crippen molar-refractivity contribution in [3.8, 4) is 6.07 Å². The van der Waals surface area contributed by atoms with Gasteiger partial charge in [0.25, 0.3) is 0 Å². The number of hydrogen-bond donors (Lipinski definition) is 0. The van der Waals surface area contributed by atoms with Crippen LogP contribution in [0.5, 0.6) is 0 Å². The Morgan fingerprint density at radius 3 is 2.65 bits per heavy atom. The highest BCUT2D eigenvalue weighted by Crippen LogP contribution is 2.30. The fourth-order valence-electron chi connectivity index (χ4n) is 3.10. The van der Waals surface area contributed by atoms with E-state index in [1.807, 2.05) is 11.0 Å². The van der Waals surface area contributed by atoms with E-state index in [1.165, 1.54) is 18.2 Å². The van der Waals surface area contributed by atoms with E-state index < -0.39 is 0 Å². The summed E-state index contributed by atoms with van der Waals surface area (Å²) in [6.45, 7) is 0.869. The van der Waals surface area contributed by atoms with Crippen molar-refractivity contribution >= 4 is 34.8 Å². The first-order valence-electron chi connectivity index (χ1n) is 8.03. The van der Waals surface area contributed by atoms with E-state index in [1.54, 1.807) is 30.1 Å². The van der Waals surface area contributed by atoms with E-state index in [0.717, 1.165) is 5.69 Å². The molecule has 0 aromatic heterocycles. The van der Waals surface area contributed by atoms with Crippen LogP contribution in [0.1, 0.15) is 17.5 Å². The Morgan fingerprint density at radius 1 is 1.27 bits per heavy atom. The van der Waals surface area contributed by atoms with E-state index in [9.17, 15) is 9.18 Å². The third-order valence-corrected chi connectivity index (χ3v) is 5.20. The lowest BCUT2D eigenvalue weighted by molar-refractivity contribution is -0.126. The van der Waals surface area contributed by atoms with Gasteiger partial charge in [0.2, 0.25) is 5.91 Å². The Bertz CT molecular complexity index is 897. The van der Waals surface area contributed by atoms with Crippen molar-refractivity contribution in [1.29, 1.82) is 5.26 Å². The van der Waals surface area contributed by atoms with Gasteiger partial charge in [0, 0.05) is 37.3 Å². The Labute approximate surface area is 161 Å². The van der Waals surface area contributed by atoms with Crippen LogP contribution in [-0.2, 0) is 11.3 Å². The van der Waals surface area contributed by atoms with Crippen molar-refractivity contribution in [1.82, 2.24) is 4.90 Å². The zero-order valence-corrected chi connectivity index (χ0v) is 15.6. The molecule has 4 nitrogen and oxygen atoms in total. The summed E-state index contributed by atoms with van der Waals surface area (Å²) in [6, 6.07) is 11.2. The van der Waals surface area contributed by atoms with Crippen LogP contribution < -0.4 is 4.90 Å². The van der Waals surface area contributed by atoms with Crippen LogP contribution in [0.15, 0.2) is 36.4 Å². The van der Waals surface area contributed by atoms with Gasteiger partial charge in [0.15, 0.2) is 0 Å². The molecule has 7 heteroatoms. The molecule has 26 heavy (non-hydrogen) atoms. The molecular weight excluding hydrogens is 376 g/mol. The quantitative estimate of drug-likeness (QED) is 0.782. The molecule has 1 saturated heterocycles. The Morgan fingerprint density at radius 2 is 2.04 bits per heavy atom. The number of likely N-dealkylation sites (N-methyl/N-ethyl adjacent to an activating group) is 1. The first kappa shape index (κ1) is 18.5. The first-order valence-corrected chi connectivity index (χ1v) is 8.79. The third kappa shape index (κ3) is 3.77. The number of amides is 1. The van der Waals surface area contributed by atoms with E-state index in [4.69, 9.17) is 28.5 Å². The van der Waals surface area contributed by atoms with Crippen molar-refractivity contribution in [3.05, 3.63) is 63.4 Å². The summed E-state index contributed by atoms with van der Waals surface area (Å²) in [5.41, 5.74) is 1.75. The Kier molecular flexibility index (Phi) is 5.36. The van der Waals surface area contributed by atoms with Crippen molar-refractivity contribution in [2.75, 3.05) is 18.5 Å². The maximum atomic E-state index is 13.7. The number of nitriles is 1. The van der Waals surface area contributed by atoms with Crippen molar-refractivity contribution in [2.24, 2.45) is 0 Å². The van der Waals surface area contributed by atoms with Crippen LogP contribution in [0, 0.1) is 17.1 Å². The molecule has 1 fully saturated rings. The summed E-state index contributed by atoms with van der Waals surface area (Å²) in [6.07, 6.45) is 0.348. The van der Waals surface area contributed by atoms with Gasteiger partial charge in [0.05, 0.1) is 16.6 Å². The zero-order chi connectivity index (χ0) is 18.8. The smallest absolute Gasteiger partial charge is 0.224 e. The topological polar surface area (TPSA) is 47.3 Å². The number of halogens is 3. The van der Waals surface area contributed by atoms with E-state index >= 15 is 0 Å². The Hall–Kier alpha value is -2.29. The number of likely N-dealkylation sites (tertiary alicyclic amines) is 1. The molecule has 0 aliphatic carbocycles. The highest BCUT2D eigenvalue weighted by molar-refractivity contribution is 6.32. The molecule has 0 radical (unpaired) electrons. The van der Waals surface area contributed by atoms with E-state index in [-0.39, 0.29) is 17.8 Å². The monoisotopic (exact) mass is 391 g/mol. The van der Waals surface area contributed by atoms with E-state index in [2.05, 4.69) is 0 Å². The number of carbonyl (C=O) groups is 1. The number of benzene rings is 2. The first-order chi connectivity index (χ1) is 12.4. The Balaban J connectivity index is 1.99. The van der Waals surface area contributed by atoms with Gasteiger partial charge >= 0.3 is 0 Å². The molecule has 1 heterocycles. The second-order valence-corrected chi connectivity index (χ2v) is 7.09. The molecule has 0 unspecified atom stereocenters. The number of anilines is 1. The molecule has 1 atom stereocenters. The minimum absolute atomic E-state index is 0.0464. The minimum Gasteiger partial charge on any atom is -0.362 e. The maximum absolute atomic E-state index is 13.7. The van der Waals surface area contributed by atoms with Crippen molar-refractivity contribution in [3.63, 3.8) is 0 Å². The van der Waals surface area contributed by atoms with Crippen LogP contribution in [-0.4, -0.2) is 30.4 Å². The fourth-order valence-corrected chi connectivity index (χ4v) is 3.50. The van der Waals surface area contributed by atoms with E-state index in [0.29, 0.717) is 40.7 Å². The number of nitrogens with zero attached hydrogens (tertiary/aromatic N) is 3. The summed E-state index contributed by atoms with van der Waals surface area (Å²) in [5, 5.41) is 9.86. The lowest BCUT2D eigenvalue weighted by Crippen LogP contribution is -2.36. The lowest BCUT2D eigenvalue weighted by atomic mass is 10.1. The van der Waals surface area contributed by atoms with Gasteiger partial charge in [-0.05, 0) is 42.0 Å². The molecule has 1 amide bonds. The molecular formula is C19H16Cl2FN3O. The van der Waals surface area contributed by atoms with Gasteiger partial charge in [-0.25, -0.2) is 4.39 Å². The number of rotatable bonds is 4. The molecule has 0 spiro atoms. The van der Waals surface area contributed by atoms with Gasteiger partial charge in [-0.2, -0.15) is 5.26 Å². The standard InChI is InChI=1S/C19H16Cl2FN3O/c1-24-11-16(8-19(24)26)25(10-13-6-14(22)3-5-17(13)20)15-4-2-12(9-23)18(21)7-15/h2-7,16H,8,10-11H2,1H3/t16-/m0/s1. The number of hydrogen-bond acceptors (Lipinski definition) is 3. The summed E-state index contributed by atoms with van der Waals surface area (Å²) >= 11 is 12.4. The van der Waals surface area contributed by atoms with Gasteiger partial charge < -0.3 is 9.80 Å². The van der Waals surface area contributed by atoms with Crippen LogP contribution in [0.2, 0.25) is 10.0 Å². The summed E-state index contributed by atoms with van der Waals surface area (Å²) in [4.78, 5) is 15.6. The normalized spacial score (nSPS) is 16.7. The summed E-state index contributed by atoms with van der Waals surface area (Å²) in [5.74, 6) is -0.327. The zero-order valence-electron chi connectivity index (χ0n) is 14.0.